The minimum absolute atomic E-state index is 0.299. The Balaban J connectivity index is 1.91. The van der Waals surface area contributed by atoms with Crippen LogP contribution in [0, 0.1) is 5.82 Å². The second-order valence-corrected chi connectivity index (χ2v) is 7.29. The van der Waals surface area contributed by atoms with E-state index in [-0.39, 0.29) is 11.6 Å². The molecular formula is C21H19ClFN5O. The van der Waals surface area contributed by atoms with Crippen LogP contribution in [0.25, 0.3) is 16.6 Å². The lowest BCUT2D eigenvalue weighted by Gasteiger charge is -2.23. The first-order valence-electron chi connectivity index (χ1n) is 9.09. The average molecular weight is 412 g/mol. The SMILES string of the molecule is C[C@H](NC1=CN(C)CN=C1)c1nc2cccc(Cl)c2c(=O)n1-c1cccc(F)c1. The number of nitrogens with one attached hydrogen (secondary N) is 1. The summed E-state index contributed by atoms with van der Waals surface area (Å²) in [5.41, 5.74) is 1.31. The largest absolute Gasteiger partial charge is 0.373 e. The zero-order valence-corrected chi connectivity index (χ0v) is 16.7. The van der Waals surface area contributed by atoms with E-state index in [1.165, 1.54) is 16.7 Å². The minimum Gasteiger partial charge on any atom is -0.373 e. The number of aromatic nitrogens is 2. The molecule has 2 heterocycles. The summed E-state index contributed by atoms with van der Waals surface area (Å²) in [6, 6.07) is 10.6. The highest BCUT2D eigenvalue weighted by Gasteiger charge is 2.20. The van der Waals surface area contributed by atoms with Crippen LogP contribution in [0.15, 0.2) is 64.1 Å². The van der Waals surface area contributed by atoms with Crippen molar-refractivity contribution in [3.8, 4) is 5.69 Å². The fraction of sp³-hybridized carbons (Fsp3) is 0.190. The van der Waals surface area contributed by atoms with Crippen LogP contribution in [0.1, 0.15) is 18.8 Å². The van der Waals surface area contributed by atoms with Crippen LogP contribution in [0.4, 0.5) is 4.39 Å². The smallest absolute Gasteiger partial charge is 0.267 e. The van der Waals surface area contributed by atoms with Crippen molar-refractivity contribution >= 4 is 28.7 Å². The summed E-state index contributed by atoms with van der Waals surface area (Å²) in [4.78, 5) is 24.3. The molecule has 0 unspecified atom stereocenters. The Morgan fingerprint density at radius 2 is 2.03 bits per heavy atom. The highest BCUT2D eigenvalue weighted by atomic mass is 35.5. The van der Waals surface area contributed by atoms with Crippen molar-refractivity contribution in [1.29, 1.82) is 0 Å². The van der Waals surface area contributed by atoms with Crippen molar-refractivity contribution in [3.63, 3.8) is 0 Å². The number of halogens is 2. The highest BCUT2D eigenvalue weighted by Crippen LogP contribution is 2.23. The molecule has 0 fully saturated rings. The third-order valence-corrected chi connectivity index (χ3v) is 4.92. The molecule has 0 saturated heterocycles. The quantitative estimate of drug-likeness (QED) is 0.712. The zero-order chi connectivity index (χ0) is 20.5. The molecule has 3 aromatic rings. The Labute approximate surface area is 172 Å². The van der Waals surface area contributed by atoms with E-state index in [4.69, 9.17) is 16.6 Å². The molecule has 1 atom stereocenters. The number of hydrogen-bond donors (Lipinski definition) is 1. The normalized spacial score (nSPS) is 14.8. The van der Waals surface area contributed by atoms with Crippen LogP contribution >= 0.6 is 11.6 Å². The molecule has 0 bridgehead atoms. The molecule has 4 rings (SSSR count). The monoisotopic (exact) mass is 411 g/mol. The van der Waals surface area contributed by atoms with Gasteiger partial charge in [0.15, 0.2) is 0 Å². The number of aliphatic imine (C=N–C) groups is 1. The van der Waals surface area contributed by atoms with Crippen LogP contribution in [-0.2, 0) is 0 Å². The van der Waals surface area contributed by atoms with Gasteiger partial charge in [0.05, 0.1) is 33.4 Å². The Morgan fingerprint density at radius 3 is 2.79 bits per heavy atom. The van der Waals surface area contributed by atoms with E-state index in [0.717, 1.165) is 5.70 Å². The van der Waals surface area contributed by atoms with E-state index in [1.807, 2.05) is 25.1 Å². The van der Waals surface area contributed by atoms with Gasteiger partial charge in [0.2, 0.25) is 0 Å². The van der Waals surface area contributed by atoms with E-state index in [0.29, 0.717) is 34.1 Å². The van der Waals surface area contributed by atoms with Crippen molar-refractivity contribution in [2.24, 2.45) is 4.99 Å². The van der Waals surface area contributed by atoms with Gasteiger partial charge in [-0.2, -0.15) is 0 Å². The summed E-state index contributed by atoms with van der Waals surface area (Å²) < 4.78 is 15.3. The maximum atomic E-state index is 13.9. The third kappa shape index (κ3) is 3.73. The van der Waals surface area contributed by atoms with Crippen molar-refractivity contribution in [2.75, 3.05) is 13.7 Å². The summed E-state index contributed by atoms with van der Waals surface area (Å²) in [6.45, 7) is 2.47. The Hall–Kier alpha value is -3.19. The molecule has 148 valence electrons. The van der Waals surface area contributed by atoms with E-state index in [1.54, 1.807) is 36.5 Å². The number of nitrogens with zero attached hydrogens (tertiary/aromatic N) is 4. The standard InChI is InChI=1S/C21H19ClFN5O/c1-13(25-15-10-24-12-27(2)11-15)20-26-18-8-4-7-17(22)19(18)21(29)28(20)16-6-3-5-14(23)9-16/h3-11,13,25H,12H2,1-2H3/t13-/m0/s1. The topological polar surface area (TPSA) is 62.5 Å². The second kappa shape index (κ2) is 7.67. The summed E-state index contributed by atoms with van der Waals surface area (Å²) in [5, 5.41) is 3.92. The molecule has 8 heteroatoms. The zero-order valence-electron chi connectivity index (χ0n) is 15.9. The Morgan fingerprint density at radius 1 is 1.24 bits per heavy atom. The third-order valence-electron chi connectivity index (χ3n) is 4.60. The van der Waals surface area contributed by atoms with Gasteiger partial charge in [0.25, 0.3) is 5.56 Å². The molecule has 0 radical (unpaired) electrons. The van der Waals surface area contributed by atoms with E-state index in [9.17, 15) is 9.18 Å². The van der Waals surface area contributed by atoms with Crippen LogP contribution in [0.3, 0.4) is 0 Å². The second-order valence-electron chi connectivity index (χ2n) is 6.88. The molecule has 6 nitrogen and oxygen atoms in total. The van der Waals surface area contributed by atoms with Crippen LogP contribution in [0.2, 0.25) is 5.02 Å². The van der Waals surface area contributed by atoms with Crippen molar-refractivity contribution in [1.82, 2.24) is 19.8 Å². The van der Waals surface area contributed by atoms with Crippen LogP contribution in [-0.4, -0.2) is 34.4 Å². The molecule has 1 aromatic heterocycles. The first kappa shape index (κ1) is 19.1. The molecule has 1 aliphatic heterocycles. The number of fused-ring (bicyclic) bond motifs is 1. The van der Waals surface area contributed by atoms with Crippen molar-refractivity contribution in [3.05, 3.63) is 81.4 Å². The lowest BCUT2D eigenvalue weighted by molar-refractivity contribution is 0.457. The van der Waals surface area contributed by atoms with Gasteiger partial charge in [-0.3, -0.25) is 14.4 Å². The lowest BCUT2D eigenvalue weighted by atomic mass is 10.2. The van der Waals surface area contributed by atoms with Gasteiger partial charge < -0.3 is 10.2 Å². The fourth-order valence-corrected chi connectivity index (χ4v) is 3.58. The molecule has 29 heavy (non-hydrogen) atoms. The average Bonchev–Trinajstić information content (AvgIpc) is 2.67. The predicted molar refractivity (Wildman–Crippen MR) is 113 cm³/mol. The van der Waals surface area contributed by atoms with Crippen molar-refractivity contribution < 1.29 is 4.39 Å². The van der Waals surface area contributed by atoms with Gasteiger partial charge in [-0.15, -0.1) is 0 Å². The molecule has 0 amide bonds. The molecule has 0 spiro atoms. The predicted octanol–water partition coefficient (Wildman–Crippen LogP) is 3.64. The van der Waals surface area contributed by atoms with Gasteiger partial charge in [-0.05, 0) is 37.3 Å². The van der Waals surface area contributed by atoms with Gasteiger partial charge in [-0.1, -0.05) is 23.7 Å². The van der Waals surface area contributed by atoms with Gasteiger partial charge in [-0.25, -0.2) is 9.37 Å². The maximum absolute atomic E-state index is 13.9. The summed E-state index contributed by atoms with van der Waals surface area (Å²) in [6.07, 6.45) is 3.66. The fourth-order valence-electron chi connectivity index (χ4n) is 3.33. The molecule has 0 saturated carbocycles. The van der Waals surface area contributed by atoms with E-state index < -0.39 is 5.82 Å². The molecule has 0 aliphatic carbocycles. The van der Waals surface area contributed by atoms with E-state index >= 15 is 0 Å². The van der Waals surface area contributed by atoms with Crippen LogP contribution in [0.5, 0.6) is 0 Å². The Bertz CT molecular complexity index is 1200. The highest BCUT2D eigenvalue weighted by molar-refractivity contribution is 6.35. The van der Waals surface area contributed by atoms with Gasteiger partial charge in [0, 0.05) is 19.5 Å². The minimum atomic E-state index is -0.441. The molecule has 2 aromatic carbocycles. The summed E-state index contributed by atoms with van der Waals surface area (Å²) in [5.74, 6) is 0.00172. The van der Waals surface area contributed by atoms with Gasteiger partial charge >= 0.3 is 0 Å². The number of allylic oxidation sites excluding steroid dienone is 1. The Kier molecular flexibility index (Phi) is 5.07. The van der Waals surface area contributed by atoms with E-state index in [2.05, 4.69) is 10.3 Å². The molecular weight excluding hydrogens is 393 g/mol. The summed E-state index contributed by atoms with van der Waals surface area (Å²) in [7, 11) is 1.92. The lowest BCUT2D eigenvalue weighted by Crippen LogP contribution is -2.32. The molecule has 1 aliphatic rings. The first-order valence-corrected chi connectivity index (χ1v) is 9.47. The maximum Gasteiger partial charge on any atom is 0.267 e. The van der Waals surface area contributed by atoms with Crippen LogP contribution < -0.4 is 10.9 Å². The number of rotatable bonds is 4. The van der Waals surface area contributed by atoms with Crippen molar-refractivity contribution in [2.45, 2.75) is 13.0 Å². The molecule has 1 N–H and O–H groups in total. The summed E-state index contributed by atoms with van der Waals surface area (Å²) >= 11 is 6.28. The number of benzene rings is 2. The first-order chi connectivity index (χ1) is 13.9. The number of hydrogen-bond acceptors (Lipinski definition) is 5. The van der Waals surface area contributed by atoms with Gasteiger partial charge in [0.1, 0.15) is 18.3 Å².